The molecule has 1 amide bonds. The van der Waals surface area contributed by atoms with Gasteiger partial charge >= 0.3 is 0 Å². The second-order valence-electron chi connectivity index (χ2n) is 7.29. The smallest absolute Gasteiger partial charge is 0.240 e. The first kappa shape index (κ1) is 26.0. The van der Waals surface area contributed by atoms with Gasteiger partial charge in [-0.15, -0.1) is 34.2 Å². The Morgan fingerprint density at radius 3 is 2.52 bits per heavy atom. The molecule has 1 aromatic rings. The fourth-order valence-corrected chi connectivity index (χ4v) is 2.64. The summed E-state index contributed by atoms with van der Waals surface area (Å²) in [5.41, 5.74) is -0.253. The molecule has 10 heteroatoms. The lowest BCUT2D eigenvalue weighted by Gasteiger charge is -2.25. The molecule has 1 aromatic heterocycles. The second kappa shape index (κ2) is 12.4. The maximum absolute atomic E-state index is 12.2. The van der Waals surface area contributed by atoms with Crippen molar-refractivity contribution in [2.45, 2.75) is 46.2 Å². The summed E-state index contributed by atoms with van der Waals surface area (Å²) >= 11 is 1.81. The van der Waals surface area contributed by atoms with Crippen molar-refractivity contribution in [1.82, 2.24) is 30.3 Å². The van der Waals surface area contributed by atoms with Crippen LogP contribution in [0.5, 0.6) is 0 Å². The molecule has 1 rings (SSSR count). The van der Waals surface area contributed by atoms with E-state index in [1.807, 2.05) is 63.0 Å². The Morgan fingerprint density at radius 2 is 2.00 bits per heavy atom. The summed E-state index contributed by atoms with van der Waals surface area (Å²) in [6.07, 6.45) is 3.12. The molecule has 0 spiro atoms. The van der Waals surface area contributed by atoms with E-state index in [1.165, 1.54) is 0 Å². The SMILES string of the molecule is CSCCCNC(=NCc1nnc(C)n1C)N(C)CC(=O)NC(C)(C)C.I. The summed E-state index contributed by atoms with van der Waals surface area (Å²) in [6, 6.07) is 0. The van der Waals surface area contributed by atoms with Gasteiger partial charge in [0.2, 0.25) is 5.91 Å². The van der Waals surface area contributed by atoms with Crippen molar-refractivity contribution in [1.29, 1.82) is 0 Å². The minimum absolute atomic E-state index is 0. The predicted molar refractivity (Wildman–Crippen MR) is 124 cm³/mol. The van der Waals surface area contributed by atoms with Gasteiger partial charge in [-0.1, -0.05) is 0 Å². The highest BCUT2D eigenvalue weighted by atomic mass is 127. The Morgan fingerprint density at radius 1 is 1.33 bits per heavy atom. The molecule has 0 saturated carbocycles. The zero-order valence-corrected chi connectivity index (χ0v) is 20.6. The topological polar surface area (TPSA) is 87.4 Å². The summed E-state index contributed by atoms with van der Waals surface area (Å²) in [4.78, 5) is 18.7. The van der Waals surface area contributed by atoms with Gasteiger partial charge in [0.15, 0.2) is 11.8 Å². The van der Waals surface area contributed by atoms with Crippen molar-refractivity contribution in [3.05, 3.63) is 11.6 Å². The average molecular weight is 511 g/mol. The Kier molecular flexibility index (Phi) is 11.9. The first-order valence-electron chi connectivity index (χ1n) is 8.78. The molecule has 0 aliphatic rings. The highest BCUT2D eigenvalue weighted by molar-refractivity contribution is 14.0. The quantitative estimate of drug-likeness (QED) is 0.240. The van der Waals surface area contributed by atoms with Gasteiger partial charge in [0.1, 0.15) is 12.4 Å². The molecule has 0 aromatic carbocycles. The number of carbonyl (C=O) groups excluding carboxylic acids is 1. The van der Waals surface area contributed by atoms with Crippen LogP contribution in [0.3, 0.4) is 0 Å². The lowest BCUT2D eigenvalue weighted by molar-refractivity contribution is -0.122. The van der Waals surface area contributed by atoms with Crippen LogP contribution in [-0.2, 0) is 18.4 Å². The standard InChI is InChI=1S/C17H33N7OS.HI/c1-13-21-22-14(24(13)6)11-19-16(18-9-8-10-26-7)23(5)12-15(25)20-17(2,3)4;/h8-12H2,1-7H3,(H,18,19)(H,20,25);1H. The van der Waals surface area contributed by atoms with Gasteiger partial charge in [0.05, 0.1) is 6.54 Å². The Labute approximate surface area is 184 Å². The Bertz CT molecular complexity index is 613. The number of nitrogens with one attached hydrogen (secondary N) is 2. The van der Waals surface area contributed by atoms with Gasteiger partial charge in [-0.25, -0.2) is 4.99 Å². The number of rotatable bonds is 8. The number of carbonyl (C=O) groups is 1. The van der Waals surface area contributed by atoms with E-state index in [9.17, 15) is 4.79 Å². The van der Waals surface area contributed by atoms with Crippen LogP contribution in [0.2, 0.25) is 0 Å². The summed E-state index contributed by atoms with van der Waals surface area (Å²) in [5.74, 6) is 3.38. The molecule has 0 atom stereocenters. The molecule has 0 aliphatic carbocycles. The van der Waals surface area contributed by atoms with Crippen molar-refractivity contribution < 1.29 is 4.79 Å². The number of nitrogens with zero attached hydrogens (tertiary/aromatic N) is 5. The normalized spacial score (nSPS) is 11.7. The van der Waals surface area contributed by atoms with Crippen LogP contribution < -0.4 is 10.6 Å². The highest BCUT2D eigenvalue weighted by Crippen LogP contribution is 2.02. The number of aryl methyl sites for hydroxylation is 1. The van der Waals surface area contributed by atoms with Crippen LogP contribution in [0.25, 0.3) is 0 Å². The van der Waals surface area contributed by atoms with Gasteiger partial charge in [-0.3, -0.25) is 4.79 Å². The van der Waals surface area contributed by atoms with Crippen molar-refractivity contribution in [3.63, 3.8) is 0 Å². The van der Waals surface area contributed by atoms with E-state index in [0.717, 1.165) is 30.4 Å². The van der Waals surface area contributed by atoms with Gasteiger partial charge in [0, 0.05) is 26.2 Å². The highest BCUT2D eigenvalue weighted by Gasteiger charge is 2.17. The minimum Gasteiger partial charge on any atom is -0.356 e. The predicted octanol–water partition coefficient (Wildman–Crippen LogP) is 1.79. The van der Waals surface area contributed by atoms with Crippen molar-refractivity contribution in [3.8, 4) is 0 Å². The maximum atomic E-state index is 12.2. The third kappa shape index (κ3) is 10.2. The third-order valence-corrected chi connectivity index (χ3v) is 4.32. The molecule has 8 nitrogen and oxygen atoms in total. The minimum atomic E-state index is -0.253. The average Bonchev–Trinajstić information content (AvgIpc) is 2.84. The summed E-state index contributed by atoms with van der Waals surface area (Å²) in [6.45, 7) is 9.27. The fraction of sp³-hybridized carbons (Fsp3) is 0.765. The number of hydrogen-bond donors (Lipinski definition) is 2. The maximum Gasteiger partial charge on any atom is 0.240 e. The zero-order chi connectivity index (χ0) is 19.7. The van der Waals surface area contributed by atoms with Crippen molar-refractivity contribution in [2.24, 2.45) is 12.0 Å². The number of aromatic nitrogens is 3. The molecule has 0 unspecified atom stereocenters. The van der Waals surface area contributed by atoms with E-state index in [-0.39, 0.29) is 42.0 Å². The molecule has 2 N–H and O–H groups in total. The first-order valence-corrected chi connectivity index (χ1v) is 10.2. The van der Waals surface area contributed by atoms with Crippen LogP contribution in [0.1, 0.15) is 38.8 Å². The van der Waals surface area contributed by atoms with Crippen LogP contribution >= 0.6 is 35.7 Å². The molecule has 0 saturated heterocycles. The van der Waals surface area contributed by atoms with E-state index in [2.05, 4.69) is 32.1 Å². The number of halogens is 1. The molecule has 156 valence electrons. The van der Waals surface area contributed by atoms with Crippen LogP contribution in [0.4, 0.5) is 0 Å². The van der Waals surface area contributed by atoms with E-state index < -0.39 is 0 Å². The molecule has 0 bridgehead atoms. The van der Waals surface area contributed by atoms with E-state index in [0.29, 0.717) is 12.5 Å². The number of guanidine groups is 1. The van der Waals surface area contributed by atoms with E-state index in [1.54, 1.807) is 0 Å². The van der Waals surface area contributed by atoms with Crippen LogP contribution in [0, 0.1) is 6.92 Å². The first-order chi connectivity index (χ1) is 12.1. The lowest BCUT2D eigenvalue weighted by Crippen LogP contribution is -2.49. The fourth-order valence-electron chi connectivity index (χ4n) is 2.21. The number of hydrogen-bond acceptors (Lipinski definition) is 5. The third-order valence-electron chi connectivity index (χ3n) is 3.62. The Balaban J connectivity index is 0.00000676. The van der Waals surface area contributed by atoms with Gasteiger partial charge in [-0.2, -0.15) is 11.8 Å². The molecule has 27 heavy (non-hydrogen) atoms. The molecule has 0 radical (unpaired) electrons. The number of amides is 1. The molecular formula is C17H34IN7OS. The molecule has 0 fully saturated rings. The number of likely N-dealkylation sites (N-methyl/N-ethyl adjacent to an activating group) is 1. The largest absolute Gasteiger partial charge is 0.356 e. The zero-order valence-electron chi connectivity index (χ0n) is 17.5. The van der Waals surface area contributed by atoms with Gasteiger partial charge in [-0.05, 0) is 46.1 Å². The summed E-state index contributed by atoms with van der Waals surface area (Å²) < 4.78 is 1.92. The van der Waals surface area contributed by atoms with E-state index in [4.69, 9.17) is 0 Å². The van der Waals surface area contributed by atoms with Gasteiger partial charge < -0.3 is 20.1 Å². The van der Waals surface area contributed by atoms with Gasteiger partial charge in [0.25, 0.3) is 0 Å². The second-order valence-corrected chi connectivity index (χ2v) is 8.28. The van der Waals surface area contributed by atoms with E-state index >= 15 is 0 Å². The molecule has 1 heterocycles. The molecule has 0 aliphatic heterocycles. The molecular weight excluding hydrogens is 477 g/mol. The number of aliphatic imine (C=N–C) groups is 1. The van der Waals surface area contributed by atoms with Crippen molar-refractivity contribution >= 4 is 47.6 Å². The van der Waals surface area contributed by atoms with Crippen LogP contribution in [-0.4, -0.2) is 69.2 Å². The summed E-state index contributed by atoms with van der Waals surface area (Å²) in [7, 11) is 3.79. The van der Waals surface area contributed by atoms with Crippen molar-refractivity contribution in [2.75, 3.05) is 32.1 Å². The van der Waals surface area contributed by atoms with Crippen LogP contribution in [0.15, 0.2) is 4.99 Å². The monoisotopic (exact) mass is 511 g/mol. The number of thioether (sulfide) groups is 1. The lowest BCUT2D eigenvalue weighted by atomic mass is 10.1. The Hall–Kier alpha value is -1.04. The summed E-state index contributed by atoms with van der Waals surface area (Å²) in [5, 5.41) is 14.5.